The first-order valence-corrected chi connectivity index (χ1v) is 8.50. The number of benzene rings is 1. The van der Waals surface area contributed by atoms with E-state index < -0.39 is 6.10 Å². The lowest BCUT2D eigenvalue weighted by atomic mass is 10.2. The Morgan fingerprint density at radius 2 is 1.79 bits per heavy atom. The molecule has 3 rings (SSSR count). The van der Waals surface area contributed by atoms with Crippen molar-refractivity contribution < 1.29 is 14.5 Å². The first kappa shape index (κ1) is 16.3. The number of rotatable bonds is 5. The molecule has 1 fully saturated rings. The Kier molecular flexibility index (Phi) is 5.31. The topological polar surface area (TPSA) is 46.9 Å². The van der Waals surface area contributed by atoms with Crippen LogP contribution in [0.15, 0.2) is 54.7 Å². The normalized spacial score (nSPS) is 15.9. The highest BCUT2D eigenvalue weighted by molar-refractivity contribution is 5.81. The summed E-state index contributed by atoms with van der Waals surface area (Å²) in [5, 5.41) is 0. The second kappa shape index (κ2) is 7.81. The third kappa shape index (κ3) is 3.85. The molecule has 1 amide bonds. The fourth-order valence-electron chi connectivity index (χ4n) is 2.92. The fraction of sp³-hybridized carbons (Fsp3) is 0.368. The molecule has 0 saturated carbocycles. The number of aromatic nitrogens is 1. The molecule has 24 heavy (non-hydrogen) atoms. The highest BCUT2D eigenvalue weighted by atomic mass is 16.5. The van der Waals surface area contributed by atoms with E-state index in [9.17, 15) is 4.79 Å². The van der Waals surface area contributed by atoms with Crippen molar-refractivity contribution in [1.29, 1.82) is 0 Å². The smallest absolute Gasteiger partial charge is 0.274 e. The Morgan fingerprint density at radius 1 is 1.08 bits per heavy atom. The molecule has 0 bridgehead atoms. The lowest BCUT2D eigenvalue weighted by Gasteiger charge is -2.33. The van der Waals surface area contributed by atoms with Crippen LogP contribution < -0.4 is 14.6 Å². The number of carbonyl (C=O) groups is 1. The zero-order valence-electron chi connectivity index (χ0n) is 14.0. The van der Waals surface area contributed by atoms with E-state index in [-0.39, 0.29) is 5.91 Å². The maximum atomic E-state index is 12.8. The Balaban J connectivity index is 1.57. The van der Waals surface area contributed by atoms with Gasteiger partial charge in [-0.2, -0.15) is 0 Å². The standard InChI is InChI=1S/C19H23N3O2/c1-2-17(24-16-8-4-3-5-9-16)19(23)22-14-12-21(13-15-22)18-10-6-7-11-20-18/h3-11,17H,2,12-15H2,1H3/p+1/t17-/m1/s1. The number of nitrogens with zero attached hydrogens (tertiary/aromatic N) is 2. The van der Waals surface area contributed by atoms with Gasteiger partial charge in [-0.1, -0.05) is 31.2 Å². The number of H-pyrrole nitrogens is 1. The van der Waals surface area contributed by atoms with E-state index in [4.69, 9.17) is 4.74 Å². The molecule has 0 spiro atoms. The van der Waals surface area contributed by atoms with Gasteiger partial charge in [-0.25, -0.2) is 4.98 Å². The number of hydrogen-bond donors (Lipinski definition) is 0. The number of hydrogen-bond acceptors (Lipinski definition) is 3. The average Bonchev–Trinajstić information content (AvgIpc) is 2.67. The van der Waals surface area contributed by atoms with Gasteiger partial charge in [0.25, 0.3) is 11.7 Å². The van der Waals surface area contributed by atoms with Crippen LogP contribution in [-0.2, 0) is 4.79 Å². The molecule has 126 valence electrons. The van der Waals surface area contributed by atoms with Crippen LogP contribution >= 0.6 is 0 Å². The van der Waals surface area contributed by atoms with Gasteiger partial charge >= 0.3 is 0 Å². The fourth-order valence-corrected chi connectivity index (χ4v) is 2.92. The molecule has 1 aliphatic rings. The molecule has 5 nitrogen and oxygen atoms in total. The van der Waals surface area contributed by atoms with E-state index in [0.29, 0.717) is 6.42 Å². The molecule has 2 aromatic rings. The number of aromatic amines is 1. The van der Waals surface area contributed by atoms with E-state index in [1.807, 2.05) is 60.5 Å². The lowest BCUT2D eigenvalue weighted by molar-refractivity contribution is -0.364. The van der Waals surface area contributed by atoms with Crippen molar-refractivity contribution in [2.45, 2.75) is 19.4 Å². The van der Waals surface area contributed by atoms with E-state index in [2.05, 4.69) is 16.0 Å². The van der Waals surface area contributed by atoms with Gasteiger partial charge < -0.3 is 9.64 Å². The first-order valence-electron chi connectivity index (χ1n) is 8.50. The number of piperazine rings is 1. The lowest BCUT2D eigenvalue weighted by Crippen LogP contribution is -2.53. The van der Waals surface area contributed by atoms with Crippen LogP contribution in [0, 0.1) is 0 Å². The Morgan fingerprint density at radius 3 is 2.42 bits per heavy atom. The number of amides is 1. The SMILES string of the molecule is CC[C@@H](Oc1ccccc1)C(=O)N1CCN(c2cccc[nH+]2)CC1. The summed E-state index contributed by atoms with van der Waals surface area (Å²) in [5.41, 5.74) is 0. The molecule has 5 heteroatoms. The molecule has 0 aliphatic carbocycles. The Hall–Kier alpha value is -2.56. The van der Waals surface area contributed by atoms with Gasteiger partial charge in [0.2, 0.25) is 0 Å². The third-order valence-corrected chi connectivity index (χ3v) is 4.29. The molecule has 1 aromatic carbocycles. The molecular formula is C19H24N3O2+. The van der Waals surface area contributed by atoms with Crippen molar-refractivity contribution in [3.63, 3.8) is 0 Å². The van der Waals surface area contributed by atoms with Gasteiger partial charge in [-0.05, 0) is 24.6 Å². The van der Waals surface area contributed by atoms with Crippen molar-refractivity contribution >= 4 is 11.7 Å². The van der Waals surface area contributed by atoms with Gasteiger partial charge in [0.15, 0.2) is 6.10 Å². The van der Waals surface area contributed by atoms with Gasteiger partial charge in [0.1, 0.15) is 18.8 Å². The molecule has 0 radical (unpaired) electrons. The van der Waals surface area contributed by atoms with Crippen LogP contribution in [0.5, 0.6) is 5.75 Å². The van der Waals surface area contributed by atoms with E-state index in [0.717, 1.165) is 37.7 Å². The molecule has 1 saturated heterocycles. The number of pyridine rings is 1. The first-order chi connectivity index (χ1) is 11.8. The van der Waals surface area contributed by atoms with Gasteiger partial charge in [0.05, 0.1) is 19.3 Å². The molecule has 1 aliphatic heterocycles. The maximum Gasteiger partial charge on any atom is 0.274 e. The van der Waals surface area contributed by atoms with Crippen molar-refractivity contribution in [1.82, 2.24) is 4.90 Å². The molecule has 1 N–H and O–H groups in total. The zero-order chi connectivity index (χ0) is 16.8. The number of carbonyl (C=O) groups excluding carboxylic acids is 1. The summed E-state index contributed by atoms with van der Waals surface area (Å²) in [4.78, 5) is 20.2. The Labute approximate surface area is 142 Å². The monoisotopic (exact) mass is 326 g/mol. The van der Waals surface area contributed by atoms with Crippen molar-refractivity contribution in [2.75, 3.05) is 31.1 Å². The molecular weight excluding hydrogens is 302 g/mol. The minimum Gasteiger partial charge on any atom is -0.481 e. The molecule has 1 aromatic heterocycles. The van der Waals surface area contributed by atoms with Crippen LogP contribution in [0.1, 0.15) is 13.3 Å². The zero-order valence-corrected chi connectivity index (χ0v) is 14.0. The minimum absolute atomic E-state index is 0.0815. The summed E-state index contributed by atoms with van der Waals surface area (Å²) in [6, 6.07) is 15.6. The maximum absolute atomic E-state index is 12.8. The second-order valence-corrected chi connectivity index (χ2v) is 5.89. The van der Waals surface area contributed by atoms with Crippen LogP contribution in [0.25, 0.3) is 0 Å². The van der Waals surface area contributed by atoms with Crippen molar-refractivity contribution in [3.05, 3.63) is 54.7 Å². The van der Waals surface area contributed by atoms with Crippen molar-refractivity contribution in [3.8, 4) is 5.75 Å². The molecule has 0 unspecified atom stereocenters. The predicted octanol–water partition coefficient (Wildman–Crippen LogP) is 2.01. The summed E-state index contributed by atoms with van der Waals surface area (Å²) in [7, 11) is 0. The molecule has 2 heterocycles. The number of anilines is 1. The van der Waals surface area contributed by atoms with Crippen LogP contribution in [0.3, 0.4) is 0 Å². The summed E-state index contributed by atoms with van der Waals surface area (Å²) in [5.74, 6) is 1.92. The highest BCUT2D eigenvalue weighted by Crippen LogP contribution is 2.16. The quantitative estimate of drug-likeness (QED) is 0.844. The minimum atomic E-state index is -0.415. The summed E-state index contributed by atoms with van der Waals surface area (Å²) in [6.07, 6.45) is 2.18. The largest absolute Gasteiger partial charge is 0.481 e. The van der Waals surface area contributed by atoms with Crippen LogP contribution in [-0.4, -0.2) is 43.1 Å². The molecule has 1 atom stereocenters. The van der Waals surface area contributed by atoms with E-state index >= 15 is 0 Å². The summed E-state index contributed by atoms with van der Waals surface area (Å²) >= 11 is 0. The van der Waals surface area contributed by atoms with Gasteiger partial charge in [0, 0.05) is 6.07 Å². The second-order valence-electron chi connectivity index (χ2n) is 5.89. The number of ether oxygens (including phenoxy) is 1. The van der Waals surface area contributed by atoms with E-state index in [1.165, 1.54) is 0 Å². The number of para-hydroxylation sites is 1. The Bertz CT molecular complexity index is 640. The van der Waals surface area contributed by atoms with E-state index in [1.54, 1.807) is 0 Å². The van der Waals surface area contributed by atoms with Crippen molar-refractivity contribution in [2.24, 2.45) is 0 Å². The van der Waals surface area contributed by atoms with Crippen LogP contribution in [0.2, 0.25) is 0 Å². The third-order valence-electron chi connectivity index (χ3n) is 4.29. The predicted molar refractivity (Wildman–Crippen MR) is 92.9 cm³/mol. The van der Waals surface area contributed by atoms with Gasteiger partial charge in [-0.3, -0.25) is 9.69 Å². The highest BCUT2D eigenvalue weighted by Gasteiger charge is 2.30. The van der Waals surface area contributed by atoms with Gasteiger partial charge in [-0.15, -0.1) is 0 Å². The number of nitrogens with one attached hydrogen (secondary N) is 1. The summed E-state index contributed by atoms with van der Waals surface area (Å²) < 4.78 is 5.88. The summed E-state index contributed by atoms with van der Waals surface area (Å²) in [6.45, 7) is 5.08. The van der Waals surface area contributed by atoms with Crippen LogP contribution in [0.4, 0.5) is 5.82 Å². The average molecular weight is 326 g/mol.